The van der Waals surface area contributed by atoms with Crippen molar-refractivity contribution in [1.82, 2.24) is 4.90 Å². The Labute approximate surface area is 235 Å². The second-order valence-corrected chi connectivity index (χ2v) is 11.8. The number of likely N-dealkylation sites (tertiary alicyclic amines) is 1. The number of aliphatic hydroxyl groups is 1. The lowest BCUT2D eigenvalue weighted by Gasteiger charge is -2.34. The van der Waals surface area contributed by atoms with Crippen LogP contribution < -0.4 is 10.6 Å². The number of amides is 3. The van der Waals surface area contributed by atoms with Gasteiger partial charge in [-0.25, -0.2) is 0 Å². The average Bonchev–Trinajstić information content (AvgIpc) is 3.49. The number of rotatable bonds is 10. The Morgan fingerprint density at radius 1 is 1.00 bits per heavy atom. The molecule has 1 spiro atoms. The quantitative estimate of drug-likeness (QED) is 0.278. The SMILES string of the molecule is O=C(Nc1ccc(Cl)cc1)C1N(CCCCCCO)C(=O)[C@@H]2[C@H](C(=O)Nc3ccccc3)[C@H]3OC12CC3Br. The molecule has 3 aliphatic rings. The van der Waals surface area contributed by atoms with Crippen molar-refractivity contribution in [3.63, 3.8) is 0 Å². The van der Waals surface area contributed by atoms with E-state index >= 15 is 0 Å². The van der Waals surface area contributed by atoms with Crippen LogP contribution in [0.25, 0.3) is 0 Å². The second kappa shape index (κ2) is 11.3. The zero-order valence-electron chi connectivity index (χ0n) is 20.8. The van der Waals surface area contributed by atoms with Crippen LogP contribution in [-0.4, -0.2) is 63.5 Å². The summed E-state index contributed by atoms with van der Waals surface area (Å²) >= 11 is 9.70. The number of ether oxygens (including phenoxy) is 1. The molecule has 0 saturated carbocycles. The van der Waals surface area contributed by atoms with Crippen molar-refractivity contribution in [2.75, 3.05) is 23.8 Å². The molecule has 0 radical (unpaired) electrons. The summed E-state index contributed by atoms with van der Waals surface area (Å²) in [5, 5.41) is 15.5. The molecule has 3 heterocycles. The Hall–Kier alpha value is -2.46. The van der Waals surface area contributed by atoms with Gasteiger partial charge in [0, 0.05) is 34.4 Å². The Kier molecular flexibility index (Phi) is 8.09. The van der Waals surface area contributed by atoms with E-state index < -0.39 is 29.6 Å². The number of para-hydroxylation sites is 1. The van der Waals surface area contributed by atoms with E-state index in [1.165, 1.54) is 0 Å². The van der Waals surface area contributed by atoms with E-state index in [0.717, 1.165) is 12.8 Å². The highest BCUT2D eigenvalue weighted by Crippen LogP contribution is 2.60. The molecule has 5 rings (SSSR count). The number of hydrogen-bond donors (Lipinski definition) is 3. The standard InChI is InChI=1S/C28H31BrClN3O5/c29-20-16-28-22(21(23(20)38-28)25(35)31-18-8-4-3-5-9-18)27(37)33(14-6-1-2-7-15-34)24(28)26(36)32-19-12-10-17(30)11-13-19/h3-5,8-13,20-24,34H,1-2,6-7,14-16H2,(H,31,35)(H,32,36)/t20?,21-,22-,23-,24?,28?/m0/s1. The van der Waals surface area contributed by atoms with Crippen molar-refractivity contribution >= 4 is 56.6 Å². The van der Waals surface area contributed by atoms with E-state index in [4.69, 9.17) is 21.4 Å². The summed E-state index contributed by atoms with van der Waals surface area (Å²) in [6, 6.07) is 15.0. The highest BCUT2D eigenvalue weighted by Gasteiger charge is 2.76. The smallest absolute Gasteiger partial charge is 0.250 e. The monoisotopic (exact) mass is 603 g/mol. The lowest BCUT2D eigenvalue weighted by Crippen LogP contribution is -2.54. The number of carbonyl (C=O) groups excluding carboxylic acids is 3. The van der Waals surface area contributed by atoms with Crippen LogP contribution >= 0.6 is 27.5 Å². The van der Waals surface area contributed by atoms with Crippen LogP contribution in [0.4, 0.5) is 11.4 Å². The van der Waals surface area contributed by atoms with E-state index in [1.54, 1.807) is 41.3 Å². The Morgan fingerprint density at radius 2 is 1.66 bits per heavy atom. The van der Waals surface area contributed by atoms with Crippen molar-refractivity contribution in [3.8, 4) is 0 Å². The molecule has 3 N–H and O–H groups in total. The van der Waals surface area contributed by atoms with Crippen LogP contribution in [-0.2, 0) is 19.1 Å². The molecule has 3 saturated heterocycles. The van der Waals surface area contributed by atoms with Gasteiger partial charge in [-0.05, 0) is 55.7 Å². The van der Waals surface area contributed by atoms with Crippen molar-refractivity contribution in [1.29, 1.82) is 0 Å². The maximum absolute atomic E-state index is 14.0. The molecule has 2 aromatic carbocycles. The average molecular weight is 605 g/mol. The first kappa shape index (κ1) is 27.1. The number of nitrogens with one attached hydrogen (secondary N) is 2. The molecule has 3 amide bonds. The van der Waals surface area contributed by atoms with Crippen LogP contribution in [0.1, 0.15) is 32.1 Å². The lowest BCUT2D eigenvalue weighted by atomic mass is 9.70. The summed E-state index contributed by atoms with van der Waals surface area (Å²) in [6.45, 7) is 0.495. The third-order valence-electron chi connectivity index (χ3n) is 7.80. The zero-order valence-corrected chi connectivity index (χ0v) is 23.2. The number of hydrogen-bond acceptors (Lipinski definition) is 5. The van der Waals surface area contributed by atoms with Crippen LogP contribution in [0.5, 0.6) is 0 Å². The highest BCUT2D eigenvalue weighted by molar-refractivity contribution is 9.09. The lowest BCUT2D eigenvalue weighted by molar-refractivity contribution is -0.139. The van der Waals surface area contributed by atoms with Gasteiger partial charge in [-0.3, -0.25) is 14.4 Å². The van der Waals surface area contributed by atoms with E-state index in [2.05, 4.69) is 26.6 Å². The number of nitrogens with zero attached hydrogens (tertiary/aromatic N) is 1. The van der Waals surface area contributed by atoms with Gasteiger partial charge >= 0.3 is 0 Å². The first-order valence-corrected chi connectivity index (χ1v) is 14.3. The number of carbonyl (C=O) groups is 3. The minimum absolute atomic E-state index is 0.125. The van der Waals surface area contributed by atoms with Gasteiger partial charge in [-0.1, -0.05) is 58.6 Å². The maximum Gasteiger partial charge on any atom is 0.250 e. The molecule has 8 nitrogen and oxygen atoms in total. The third-order valence-corrected chi connectivity index (χ3v) is 8.90. The first-order chi connectivity index (χ1) is 18.4. The number of alkyl halides is 1. The molecule has 3 fully saturated rings. The number of unbranched alkanes of at least 4 members (excludes halogenated alkanes) is 3. The summed E-state index contributed by atoms with van der Waals surface area (Å²) < 4.78 is 6.52. The summed E-state index contributed by atoms with van der Waals surface area (Å²) in [5.41, 5.74) is 0.0931. The van der Waals surface area contributed by atoms with Crippen molar-refractivity contribution < 1.29 is 24.2 Å². The molecule has 0 aromatic heterocycles. The topological polar surface area (TPSA) is 108 Å². The Bertz CT molecular complexity index is 1180. The molecule has 2 bridgehead atoms. The maximum atomic E-state index is 14.0. The normalized spacial score (nSPS) is 29.4. The molecule has 10 heteroatoms. The van der Waals surface area contributed by atoms with E-state index in [0.29, 0.717) is 42.2 Å². The fraction of sp³-hybridized carbons (Fsp3) is 0.464. The zero-order chi connectivity index (χ0) is 26.9. The van der Waals surface area contributed by atoms with Gasteiger partial charge in [-0.15, -0.1) is 0 Å². The molecule has 2 aromatic rings. The van der Waals surface area contributed by atoms with Crippen molar-refractivity contribution in [2.24, 2.45) is 11.8 Å². The fourth-order valence-electron chi connectivity index (χ4n) is 6.21. The third kappa shape index (κ3) is 4.97. The summed E-state index contributed by atoms with van der Waals surface area (Å²) in [6.07, 6.45) is 2.95. The molecular weight excluding hydrogens is 574 g/mol. The van der Waals surface area contributed by atoms with Gasteiger partial charge in [0.05, 0.1) is 17.9 Å². The highest BCUT2D eigenvalue weighted by atomic mass is 79.9. The molecule has 38 heavy (non-hydrogen) atoms. The predicted octanol–water partition coefficient (Wildman–Crippen LogP) is 4.22. The molecule has 3 unspecified atom stereocenters. The number of halogens is 2. The Morgan fingerprint density at radius 3 is 2.37 bits per heavy atom. The Balaban J connectivity index is 1.44. The van der Waals surface area contributed by atoms with Gasteiger partial charge in [-0.2, -0.15) is 0 Å². The largest absolute Gasteiger partial charge is 0.396 e. The fourth-order valence-corrected chi connectivity index (χ4v) is 7.28. The van der Waals surface area contributed by atoms with E-state index in [9.17, 15) is 14.4 Å². The summed E-state index contributed by atoms with van der Waals surface area (Å²) in [7, 11) is 0. The summed E-state index contributed by atoms with van der Waals surface area (Å²) in [5.74, 6) is -2.34. The minimum atomic E-state index is -1.11. The summed E-state index contributed by atoms with van der Waals surface area (Å²) in [4.78, 5) is 42.8. The van der Waals surface area contributed by atoms with Crippen LogP contribution in [0.2, 0.25) is 5.02 Å². The number of aliphatic hydroxyl groups excluding tert-OH is 1. The molecular formula is C28H31BrClN3O5. The number of benzene rings is 2. The number of fused-ring (bicyclic) bond motifs is 1. The molecule has 6 atom stereocenters. The first-order valence-electron chi connectivity index (χ1n) is 13.0. The van der Waals surface area contributed by atoms with Gasteiger partial charge in [0.1, 0.15) is 11.6 Å². The number of anilines is 2. The van der Waals surface area contributed by atoms with Gasteiger partial charge < -0.3 is 25.4 Å². The van der Waals surface area contributed by atoms with Gasteiger partial charge in [0.15, 0.2) is 0 Å². The predicted molar refractivity (Wildman–Crippen MR) is 148 cm³/mol. The minimum Gasteiger partial charge on any atom is -0.396 e. The second-order valence-electron chi connectivity index (χ2n) is 10.2. The van der Waals surface area contributed by atoms with Crippen LogP contribution in [0, 0.1) is 11.8 Å². The molecule has 0 aliphatic carbocycles. The van der Waals surface area contributed by atoms with Gasteiger partial charge in [0.2, 0.25) is 17.7 Å². The van der Waals surface area contributed by atoms with E-state index in [-0.39, 0.29) is 29.2 Å². The van der Waals surface area contributed by atoms with Crippen LogP contribution in [0.3, 0.4) is 0 Å². The van der Waals surface area contributed by atoms with Gasteiger partial charge in [0.25, 0.3) is 0 Å². The van der Waals surface area contributed by atoms with E-state index in [1.807, 2.05) is 18.2 Å². The van der Waals surface area contributed by atoms with Crippen LogP contribution in [0.15, 0.2) is 54.6 Å². The molecule has 202 valence electrons. The van der Waals surface area contributed by atoms with Crippen molar-refractivity contribution in [3.05, 3.63) is 59.6 Å². The van der Waals surface area contributed by atoms with Crippen molar-refractivity contribution in [2.45, 2.75) is 54.7 Å². The molecule has 3 aliphatic heterocycles.